The fourth-order valence-corrected chi connectivity index (χ4v) is 5.19. The summed E-state index contributed by atoms with van der Waals surface area (Å²) in [6, 6.07) is 9.98. The quantitative estimate of drug-likeness (QED) is 0.688. The number of ether oxygens (including phenoxy) is 1. The Morgan fingerprint density at radius 3 is 2.43 bits per heavy atom. The van der Waals surface area contributed by atoms with E-state index in [1.807, 2.05) is 33.8 Å². The zero-order valence-electron chi connectivity index (χ0n) is 15.3. The topological polar surface area (TPSA) is 46.8 Å². The molecule has 0 unspecified atom stereocenters. The fraction of sp³-hybridized carbons (Fsp3) is 0.364. The van der Waals surface area contributed by atoms with Crippen molar-refractivity contribution in [1.29, 1.82) is 0 Å². The van der Waals surface area contributed by atoms with Gasteiger partial charge in [-0.15, -0.1) is 0 Å². The molecular weight excluding hydrogens is 357 g/mol. The lowest BCUT2D eigenvalue weighted by Gasteiger charge is -2.19. The Morgan fingerprint density at radius 2 is 1.71 bits per heavy atom. The monoisotopic (exact) mass is 377 g/mol. The molecule has 142 valence electrons. The first-order valence-corrected chi connectivity index (χ1v) is 9.85. The Kier molecular flexibility index (Phi) is 3.41. The normalized spacial score (nSPS) is 28.2. The third-order valence-electron chi connectivity index (χ3n) is 6.58. The van der Waals surface area contributed by atoms with Crippen molar-refractivity contribution < 1.29 is 13.9 Å². The first-order chi connectivity index (χ1) is 13.7. The highest BCUT2D eigenvalue weighted by molar-refractivity contribution is 5.94. The van der Waals surface area contributed by atoms with Crippen molar-refractivity contribution in [2.75, 3.05) is 13.1 Å². The summed E-state index contributed by atoms with van der Waals surface area (Å²) in [6.45, 7) is 1.60. The van der Waals surface area contributed by atoms with Crippen molar-refractivity contribution in [2.45, 2.75) is 25.0 Å². The smallest absolute Gasteiger partial charge is 0.255 e. The largest absolute Gasteiger partial charge is 0.374 e. The summed E-state index contributed by atoms with van der Waals surface area (Å²) in [5.41, 5.74) is 3.04. The van der Waals surface area contributed by atoms with E-state index >= 15 is 0 Å². The summed E-state index contributed by atoms with van der Waals surface area (Å²) in [7, 11) is 0. The van der Waals surface area contributed by atoms with Crippen molar-refractivity contribution >= 4 is 11.6 Å². The lowest BCUT2D eigenvalue weighted by Crippen LogP contribution is -2.31. The van der Waals surface area contributed by atoms with Crippen LogP contribution in [0.1, 0.15) is 23.2 Å². The molecule has 5 heterocycles. The molecule has 0 saturated carbocycles. The summed E-state index contributed by atoms with van der Waals surface area (Å²) < 4.78 is 21.0. The second-order valence-electron chi connectivity index (χ2n) is 8.14. The molecule has 4 atom stereocenters. The number of rotatable bonds is 2. The van der Waals surface area contributed by atoms with Gasteiger partial charge in [-0.1, -0.05) is 0 Å². The zero-order chi connectivity index (χ0) is 18.8. The van der Waals surface area contributed by atoms with Gasteiger partial charge in [0.2, 0.25) is 0 Å². The number of aromatic nitrogens is 2. The molecule has 28 heavy (non-hydrogen) atoms. The van der Waals surface area contributed by atoms with Gasteiger partial charge in [-0.05, 0) is 49.2 Å². The van der Waals surface area contributed by atoms with Crippen LogP contribution in [0.2, 0.25) is 0 Å². The lowest BCUT2D eigenvalue weighted by molar-refractivity contribution is 0.0594. The molecule has 6 heteroatoms. The lowest BCUT2D eigenvalue weighted by atomic mass is 9.82. The van der Waals surface area contributed by atoms with E-state index in [0.717, 1.165) is 42.8 Å². The third kappa shape index (κ3) is 2.41. The van der Waals surface area contributed by atoms with Crippen LogP contribution in [-0.4, -0.2) is 45.5 Å². The number of nitrogens with zero attached hydrogens (tertiary/aromatic N) is 3. The predicted molar refractivity (Wildman–Crippen MR) is 101 cm³/mol. The molecule has 3 aliphatic rings. The number of carbonyl (C=O) groups is 1. The Labute approximate surface area is 161 Å². The zero-order valence-corrected chi connectivity index (χ0v) is 15.3. The number of amides is 1. The van der Waals surface area contributed by atoms with Crippen molar-refractivity contribution in [3.05, 3.63) is 60.2 Å². The van der Waals surface area contributed by atoms with Gasteiger partial charge in [0, 0.05) is 42.9 Å². The average Bonchev–Trinajstić information content (AvgIpc) is 3.47. The molecule has 2 bridgehead atoms. The summed E-state index contributed by atoms with van der Waals surface area (Å²) in [6.07, 6.45) is 6.70. The molecule has 5 nitrogen and oxygen atoms in total. The van der Waals surface area contributed by atoms with Crippen LogP contribution in [0.25, 0.3) is 16.9 Å². The van der Waals surface area contributed by atoms with Gasteiger partial charge in [0.15, 0.2) is 0 Å². The fourth-order valence-electron chi connectivity index (χ4n) is 5.19. The number of hydrogen-bond donors (Lipinski definition) is 0. The van der Waals surface area contributed by atoms with Gasteiger partial charge in [-0.2, -0.15) is 0 Å². The molecule has 0 radical (unpaired) electrons. The maximum Gasteiger partial charge on any atom is 0.255 e. The molecule has 1 amide bonds. The van der Waals surface area contributed by atoms with E-state index < -0.39 is 0 Å². The first kappa shape index (κ1) is 16.2. The second kappa shape index (κ2) is 5.88. The van der Waals surface area contributed by atoms with Crippen LogP contribution in [0, 0.1) is 17.7 Å². The van der Waals surface area contributed by atoms with Gasteiger partial charge >= 0.3 is 0 Å². The van der Waals surface area contributed by atoms with Crippen molar-refractivity contribution in [2.24, 2.45) is 11.8 Å². The van der Waals surface area contributed by atoms with E-state index in [1.165, 1.54) is 12.1 Å². The molecule has 0 spiro atoms. The van der Waals surface area contributed by atoms with Gasteiger partial charge in [-0.25, -0.2) is 9.37 Å². The van der Waals surface area contributed by atoms with Crippen molar-refractivity contribution in [1.82, 2.24) is 14.3 Å². The number of likely N-dealkylation sites (tertiary alicyclic amines) is 1. The van der Waals surface area contributed by atoms with Gasteiger partial charge < -0.3 is 14.0 Å². The van der Waals surface area contributed by atoms with Gasteiger partial charge in [0.1, 0.15) is 11.5 Å². The van der Waals surface area contributed by atoms with Crippen molar-refractivity contribution in [3.8, 4) is 11.3 Å². The number of benzene rings is 1. The van der Waals surface area contributed by atoms with Gasteiger partial charge in [0.05, 0.1) is 23.5 Å². The van der Waals surface area contributed by atoms with E-state index in [-0.39, 0.29) is 11.7 Å². The number of hydrogen-bond acceptors (Lipinski definition) is 3. The number of halogens is 1. The molecule has 3 saturated heterocycles. The summed E-state index contributed by atoms with van der Waals surface area (Å²) in [5, 5.41) is 0. The molecule has 3 fully saturated rings. The molecule has 2 aromatic heterocycles. The highest BCUT2D eigenvalue weighted by Crippen LogP contribution is 2.47. The van der Waals surface area contributed by atoms with Crippen molar-refractivity contribution in [3.63, 3.8) is 0 Å². The number of imidazole rings is 1. The Balaban J connectivity index is 1.27. The average molecular weight is 377 g/mol. The van der Waals surface area contributed by atoms with Crippen LogP contribution >= 0.6 is 0 Å². The van der Waals surface area contributed by atoms with Crippen LogP contribution in [0.5, 0.6) is 0 Å². The minimum absolute atomic E-state index is 0.0766. The molecule has 3 aliphatic heterocycles. The molecule has 0 aliphatic carbocycles. The third-order valence-corrected chi connectivity index (χ3v) is 6.58. The van der Waals surface area contributed by atoms with E-state index in [0.29, 0.717) is 29.6 Å². The number of carbonyl (C=O) groups excluding carboxylic acids is 1. The van der Waals surface area contributed by atoms with E-state index in [1.54, 1.807) is 12.1 Å². The van der Waals surface area contributed by atoms with Crippen LogP contribution in [0.3, 0.4) is 0 Å². The summed E-state index contributed by atoms with van der Waals surface area (Å²) in [5.74, 6) is 0.817. The molecule has 0 N–H and O–H groups in total. The predicted octanol–water partition coefficient (Wildman–Crippen LogP) is 3.39. The van der Waals surface area contributed by atoms with Crippen LogP contribution < -0.4 is 0 Å². The second-order valence-corrected chi connectivity index (χ2v) is 8.14. The van der Waals surface area contributed by atoms with E-state index in [2.05, 4.69) is 4.98 Å². The number of fused-ring (bicyclic) bond motifs is 6. The van der Waals surface area contributed by atoms with Crippen LogP contribution in [0.15, 0.2) is 48.8 Å². The first-order valence-electron chi connectivity index (χ1n) is 9.85. The minimum atomic E-state index is -0.269. The summed E-state index contributed by atoms with van der Waals surface area (Å²) >= 11 is 0. The highest BCUT2D eigenvalue weighted by atomic mass is 19.1. The Morgan fingerprint density at radius 1 is 1.00 bits per heavy atom. The minimum Gasteiger partial charge on any atom is -0.374 e. The Hall–Kier alpha value is -2.73. The maximum atomic E-state index is 13.2. The molecule has 1 aromatic carbocycles. The molecule has 6 rings (SSSR count). The SMILES string of the molecule is O=C(c1ccc2nc(-c3ccc(F)cc3)cn2c1)N1C[C@@H]2[C@H](C1)[C@H]1CC[C@@H]2O1. The van der Waals surface area contributed by atoms with Gasteiger partial charge in [0.25, 0.3) is 5.91 Å². The molecular formula is C22H20FN3O2. The highest BCUT2D eigenvalue weighted by Gasteiger charge is 2.53. The standard InChI is InChI=1S/C22H20FN3O2/c23-15-4-1-13(2-5-15)18-12-25-9-14(3-8-21(25)24-18)22(27)26-10-16-17(11-26)20-7-6-19(16)28-20/h1-5,8-9,12,16-17,19-20H,6-7,10-11H2/t16-,17+,19+,20-. The molecule has 3 aromatic rings. The maximum absolute atomic E-state index is 13.2. The van der Waals surface area contributed by atoms with Crippen LogP contribution in [-0.2, 0) is 4.74 Å². The van der Waals surface area contributed by atoms with Crippen LogP contribution in [0.4, 0.5) is 4.39 Å². The number of pyridine rings is 1. The Bertz CT molecular complexity index is 1060. The van der Waals surface area contributed by atoms with Gasteiger partial charge in [-0.3, -0.25) is 4.79 Å². The van der Waals surface area contributed by atoms with E-state index in [4.69, 9.17) is 4.74 Å². The van der Waals surface area contributed by atoms with E-state index in [9.17, 15) is 9.18 Å². The summed E-state index contributed by atoms with van der Waals surface area (Å²) in [4.78, 5) is 19.7.